The second kappa shape index (κ2) is 11.9. The molecular weight excluding hydrogens is 501 g/mol. The number of benzene rings is 1. The molecule has 1 unspecified atom stereocenters. The van der Waals surface area contributed by atoms with Gasteiger partial charge < -0.3 is 10.6 Å². The average Bonchev–Trinajstić information content (AvgIpc) is 2.53. The summed E-state index contributed by atoms with van der Waals surface area (Å²) in [6, 6.07) is 2.94. The van der Waals surface area contributed by atoms with E-state index in [0.717, 1.165) is 18.9 Å². The first kappa shape index (κ1) is 25.0. The molecule has 0 aliphatic heterocycles. The van der Waals surface area contributed by atoms with Gasteiger partial charge in [-0.15, -0.1) is 24.0 Å². The van der Waals surface area contributed by atoms with Crippen LogP contribution in [0, 0.1) is 17.6 Å². The summed E-state index contributed by atoms with van der Waals surface area (Å²) in [7, 11) is -3.37. The van der Waals surface area contributed by atoms with Crippen molar-refractivity contribution in [1.29, 1.82) is 0 Å². The molecule has 1 saturated carbocycles. The number of sulfonamides is 1. The quantitative estimate of drug-likeness (QED) is 0.261. The Morgan fingerprint density at radius 2 is 2.04 bits per heavy atom. The first-order chi connectivity index (χ1) is 12.8. The van der Waals surface area contributed by atoms with Gasteiger partial charge in [-0.1, -0.05) is 12.5 Å². The van der Waals surface area contributed by atoms with Gasteiger partial charge in [0.25, 0.3) is 0 Å². The Hall–Kier alpha value is -1.01. The maximum Gasteiger partial charge on any atom is 0.213 e. The minimum absolute atomic E-state index is 0. The molecule has 1 aliphatic carbocycles. The lowest BCUT2D eigenvalue weighted by Gasteiger charge is -2.25. The normalized spacial score (nSPS) is 16.1. The zero-order valence-corrected chi connectivity index (χ0v) is 19.3. The topological polar surface area (TPSA) is 82.6 Å². The monoisotopic (exact) mass is 530 g/mol. The zero-order valence-electron chi connectivity index (χ0n) is 16.2. The third-order valence-corrected chi connectivity index (χ3v) is 5.90. The van der Waals surface area contributed by atoms with E-state index in [4.69, 9.17) is 0 Å². The Morgan fingerprint density at radius 3 is 2.61 bits per heavy atom. The second-order valence-electron chi connectivity index (χ2n) is 6.76. The van der Waals surface area contributed by atoms with Gasteiger partial charge in [-0.3, -0.25) is 4.99 Å². The molecule has 0 spiro atoms. The van der Waals surface area contributed by atoms with Crippen LogP contribution in [-0.2, 0) is 10.0 Å². The van der Waals surface area contributed by atoms with Crippen LogP contribution in [0.5, 0.6) is 0 Å². The van der Waals surface area contributed by atoms with E-state index in [9.17, 15) is 17.2 Å². The van der Waals surface area contributed by atoms with Crippen LogP contribution in [0.15, 0.2) is 23.2 Å². The predicted octanol–water partition coefficient (Wildman–Crippen LogP) is 2.92. The van der Waals surface area contributed by atoms with Crippen molar-refractivity contribution in [2.45, 2.75) is 39.2 Å². The van der Waals surface area contributed by atoms with Crippen molar-refractivity contribution in [3.63, 3.8) is 0 Å². The lowest BCUT2D eigenvalue weighted by Crippen LogP contribution is -2.39. The fourth-order valence-electron chi connectivity index (χ4n) is 2.75. The fraction of sp³-hybridized carbons (Fsp3) is 0.611. The molecular formula is C18H29F2IN4O2S. The van der Waals surface area contributed by atoms with Gasteiger partial charge in [-0.05, 0) is 38.7 Å². The molecule has 0 amide bonds. The van der Waals surface area contributed by atoms with E-state index >= 15 is 0 Å². The van der Waals surface area contributed by atoms with Gasteiger partial charge >= 0.3 is 0 Å². The molecule has 10 heteroatoms. The van der Waals surface area contributed by atoms with E-state index in [0.29, 0.717) is 30.5 Å². The van der Waals surface area contributed by atoms with Crippen LogP contribution in [0.25, 0.3) is 0 Å². The highest BCUT2D eigenvalue weighted by Crippen LogP contribution is 2.25. The van der Waals surface area contributed by atoms with Crippen LogP contribution in [0.3, 0.4) is 0 Å². The van der Waals surface area contributed by atoms with E-state index in [1.165, 1.54) is 18.6 Å². The van der Waals surface area contributed by atoms with Crippen molar-refractivity contribution in [1.82, 2.24) is 15.4 Å². The highest BCUT2D eigenvalue weighted by atomic mass is 127. The maximum atomic E-state index is 13.9. The van der Waals surface area contributed by atoms with E-state index in [2.05, 4.69) is 20.3 Å². The fourth-order valence-corrected chi connectivity index (χ4v) is 3.71. The standard InChI is InChI=1S/C18H28F2N4O2S.HI/c1-3-21-18(24-13(2)16-8-7-15(19)11-17(16)20)22-9-10-27(25,26)23-12-14-5-4-6-14;/h7-8,11,13-14,23H,3-6,9-10,12H2,1-2H3,(H2,21,22,24);1H. The van der Waals surface area contributed by atoms with Crippen LogP contribution in [0.4, 0.5) is 8.78 Å². The number of nitrogens with zero attached hydrogens (tertiary/aromatic N) is 1. The Labute approximate surface area is 183 Å². The molecule has 1 aromatic carbocycles. The second-order valence-corrected chi connectivity index (χ2v) is 8.68. The Balaban J connectivity index is 0.00000392. The van der Waals surface area contributed by atoms with Gasteiger partial charge in [0, 0.05) is 24.7 Å². The Kier molecular flexibility index (Phi) is 10.6. The molecule has 0 aromatic heterocycles. The van der Waals surface area contributed by atoms with Crippen molar-refractivity contribution >= 4 is 40.0 Å². The smallest absolute Gasteiger partial charge is 0.213 e. The molecule has 0 radical (unpaired) electrons. The van der Waals surface area contributed by atoms with E-state index in [1.807, 2.05) is 6.92 Å². The molecule has 1 aliphatic rings. The predicted molar refractivity (Wildman–Crippen MR) is 118 cm³/mol. The molecule has 1 atom stereocenters. The van der Waals surface area contributed by atoms with Crippen molar-refractivity contribution in [2.24, 2.45) is 10.9 Å². The van der Waals surface area contributed by atoms with Crippen LogP contribution < -0.4 is 15.4 Å². The number of nitrogens with one attached hydrogen (secondary N) is 3. The molecule has 2 rings (SSSR count). The van der Waals surface area contributed by atoms with Gasteiger partial charge in [-0.2, -0.15) is 0 Å². The highest BCUT2D eigenvalue weighted by molar-refractivity contribution is 14.0. The number of hydrogen-bond acceptors (Lipinski definition) is 3. The molecule has 1 aromatic rings. The summed E-state index contributed by atoms with van der Waals surface area (Å²) in [4.78, 5) is 4.25. The summed E-state index contributed by atoms with van der Waals surface area (Å²) in [6.45, 7) is 4.73. The lowest BCUT2D eigenvalue weighted by molar-refractivity contribution is 0.316. The summed E-state index contributed by atoms with van der Waals surface area (Å²) >= 11 is 0. The van der Waals surface area contributed by atoms with Gasteiger partial charge in [-0.25, -0.2) is 21.9 Å². The SMILES string of the molecule is CCNC(=NCCS(=O)(=O)NCC1CCC1)NC(C)c1ccc(F)cc1F.I. The van der Waals surface area contributed by atoms with Crippen molar-refractivity contribution in [3.8, 4) is 0 Å². The van der Waals surface area contributed by atoms with Crippen LogP contribution in [-0.4, -0.2) is 39.8 Å². The zero-order chi connectivity index (χ0) is 19.9. The molecule has 1 fully saturated rings. The summed E-state index contributed by atoms with van der Waals surface area (Å²) in [6.07, 6.45) is 3.32. The molecule has 0 bridgehead atoms. The van der Waals surface area contributed by atoms with E-state index in [1.54, 1.807) is 6.92 Å². The van der Waals surface area contributed by atoms with Crippen molar-refractivity contribution < 1.29 is 17.2 Å². The van der Waals surface area contributed by atoms with Gasteiger partial charge in [0.1, 0.15) is 11.6 Å². The van der Waals surface area contributed by atoms with E-state index in [-0.39, 0.29) is 36.3 Å². The molecule has 0 saturated heterocycles. The van der Waals surface area contributed by atoms with Crippen molar-refractivity contribution in [3.05, 3.63) is 35.4 Å². The third-order valence-electron chi connectivity index (χ3n) is 4.57. The number of aliphatic imine (C=N–C) groups is 1. The van der Waals surface area contributed by atoms with Crippen LogP contribution in [0.2, 0.25) is 0 Å². The maximum absolute atomic E-state index is 13.9. The molecule has 0 heterocycles. The lowest BCUT2D eigenvalue weighted by atomic mass is 9.86. The van der Waals surface area contributed by atoms with Gasteiger partial charge in [0.05, 0.1) is 18.3 Å². The van der Waals surface area contributed by atoms with Crippen LogP contribution in [0.1, 0.15) is 44.7 Å². The summed E-state index contributed by atoms with van der Waals surface area (Å²) in [5.41, 5.74) is 0.303. The largest absolute Gasteiger partial charge is 0.357 e. The molecule has 6 nitrogen and oxygen atoms in total. The Morgan fingerprint density at radius 1 is 1.32 bits per heavy atom. The number of guanidine groups is 1. The third kappa shape index (κ3) is 8.16. The van der Waals surface area contributed by atoms with Gasteiger partial charge in [0.15, 0.2) is 5.96 Å². The summed E-state index contributed by atoms with van der Waals surface area (Å²) in [5, 5.41) is 6.01. The van der Waals surface area contributed by atoms with E-state index < -0.39 is 27.7 Å². The average molecular weight is 530 g/mol. The minimum atomic E-state index is -3.37. The highest BCUT2D eigenvalue weighted by Gasteiger charge is 2.20. The first-order valence-corrected chi connectivity index (χ1v) is 10.9. The summed E-state index contributed by atoms with van der Waals surface area (Å²) < 4.78 is 53.6. The first-order valence-electron chi connectivity index (χ1n) is 9.28. The molecule has 160 valence electrons. The van der Waals surface area contributed by atoms with Crippen molar-refractivity contribution in [2.75, 3.05) is 25.4 Å². The molecule has 28 heavy (non-hydrogen) atoms. The van der Waals surface area contributed by atoms with Crippen LogP contribution >= 0.6 is 24.0 Å². The summed E-state index contributed by atoms with van der Waals surface area (Å²) in [5.74, 6) is -0.566. The molecule has 3 N–H and O–H groups in total. The Bertz CT molecular complexity index is 758. The minimum Gasteiger partial charge on any atom is -0.357 e. The van der Waals surface area contributed by atoms with Gasteiger partial charge in [0.2, 0.25) is 10.0 Å². The number of hydrogen-bond donors (Lipinski definition) is 3. The number of halogens is 3. The number of rotatable bonds is 9.